The minimum absolute atomic E-state index is 0.465. The number of aromatic amines is 1. The molecule has 0 amide bonds. The highest BCUT2D eigenvalue weighted by Crippen LogP contribution is 2.17. The van der Waals surface area contributed by atoms with Crippen LogP contribution >= 0.6 is 0 Å². The van der Waals surface area contributed by atoms with Crippen molar-refractivity contribution >= 4 is 0 Å². The van der Waals surface area contributed by atoms with Gasteiger partial charge < -0.3 is 0 Å². The van der Waals surface area contributed by atoms with E-state index in [0.29, 0.717) is 5.92 Å². The Hall–Kier alpha value is -0.930. The summed E-state index contributed by atoms with van der Waals surface area (Å²) in [6.07, 6.45) is 6.40. The zero-order chi connectivity index (χ0) is 9.52. The van der Waals surface area contributed by atoms with Gasteiger partial charge in [0.15, 0.2) is 5.82 Å². The largest absolute Gasteiger partial charge is 0.243 e. The molecule has 1 rings (SSSR count). The fraction of sp³-hybridized carbons (Fsp3) is 0.889. The first-order valence-electron chi connectivity index (χ1n) is 5.08. The molecule has 0 aliphatic carbocycles. The van der Waals surface area contributed by atoms with Crippen LogP contribution in [0.15, 0.2) is 0 Å². The van der Waals surface area contributed by atoms with Crippen LogP contribution in [0.5, 0.6) is 0 Å². The molecular formula is C9H18N4. The van der Waals surface area contributed by atoms with E-state index < -0.39 is 0 Å². The number of hydrogen-bond acceptors (Lipinski definition) is 3. The molecule has 13 heavy (non-hydrogen) atoms. The van der Waals surface area contributed by atoms with E-state index in [1.165, 1.54) is 32.1 Å². The van der Waals surface area contributed by atoms with Crippen molar-refractivity contribution in [1.82, 2.24) is 20.6 Å². The van der Waals surface area contributed by atoms with Crippen LogP contribution in [-0.4, -0.2) is 20.6 Å². The summed E-state index contributed by atoms with van der Waals surface area (Å²) in [4.78, 5) is 0. The highest BCUT2D eigenvalue weighted by molar-refractivity contribution is 4.86. The van der Waals surface area contributed by atoms with Crippen LogP contribution in [0.4, 0.5) is 0 Å². The Kier molecular flexibility index (Phi) is 4.43. The number of rotatable bonds is 6. The SMILES string of the molecule is CCCCCCC(C)c1nnn[nH]1. The molecule has 0 aromatic carbocycles. The molecule has 4 heteroatoms. The van der Waals surface area contributed by atoms with E-state index in [1.807, 2.05) is 0 Å². The average Bonchev–Trinajstić information content (AvgIpc) is 2.65. The lowest BCUT2D eigenvalue weighted by Gasteiger charge is -2.05. The highest BCUT2D eigenvalue weighted by Gasteiger charge is 2.07. The topological polar surface area (TPSA) is 54.5 Å². The second-order valence-electron chi connectivity index (χ2n) is 3.54. The predicted octanol–water partition coefficient (Wildman–Crippen LogP) is 2.27. The Labute approximate surface area is 79.1 Å². The predicted molar refractivity (Wildman–Crippen MR) is 51.4 cm³/mol. The normalized spacial score (nSPS) is 13.1. The van der Waals surface area contributed by atoms with Crippen molar-refractivity contribution in [3.8, 4) is 0 Å². The average molecular weight is 182 g/mol. The summed E-state index contributed by atoms with van der Waals surface area (Å²) >= 11 is 0. The lowest BCUT2D eigenvalue weighted by molar-refractivity contribution is 0.562. The third kappa shape index (κ3) is 3.53. The molecule has 0 radical (unpaired) electrons. The molecule has 1 unspecified atom stereocenters. The van der Waals surface area contributed by atoms with Gasteiger partial charge in [-0.25, -0.2) is 5.10 Å². The Morgan fingerprint density at radius 3 is 2.77 bits per heavy atom. The minimum atomic E-state index is 0.465. The van der Waals surface area contributed by atoms with Gasteiger partial charge in [-0.05, 0) is 16.8 Å². The maximum absolute atomic E-state index is 3.90. The van der Waals surface area contributed by atoms with Crippen LogP contribution in [-0.2, 0) is 0 Å². The lowest BCUT2D eigenvalue weighted by atomic mass is 10.0. The standard InChI is InChI=1S/C9H18N4/c1-3-4-5-6-7-8(2)9-10-12-13-11-9/h8H,3-7H2,1-2H3,(H,10,11,12,13). The van der Waals surface area contributed by atoms with Crippen LogP contribution < -0.4 is 0 Å². The quantitative estimate of drug-likeness (QED) is 0.687. The van der Waals surface area contributed by atoms with E-state index in [4.69, 9.17) is 0 Å². The Morgan fingerprint density at radius 2 is 2.15 bits per heavy atom. The highest BCUT2D eigenvalue weighted by atomic mass is 15.5. The molecule has 0 fully saturated rings. The van der Waals surface area contributed by atoms with Gasteiger partial charge >= 0.3 is 0 Å². The summed E-state index contributed by atoms with van der Waals surface area (Å²) in [5.74, 6) is 1.38. The van der Waals surface area contributed by atoms with Crippen LogP contribution in [0.2, 0.25) is 0 Å². The summed E-state index contributed by atoms with van der Waals surface area (Å²) in [6.45, 7) is 4.39. The maximum Gasteiger partial charge on any atom is 0.151 e. The summed E-state index contributed by atoms with van der Waals surface area (Å²) in [5.41, 5.74) is 0. The molecule has 0 aliphatic heterocycles. The first kappa shape index (κ1) is 10.2. The van der Waals surface area contributed by atoms with Gasteiger partial charge in [-0.1, -0.05) is 39.5 Å². The van der Waals surface area contributed by atoms with Crippen molar-refractivity contribution in [3.05, 3.63) is 5.82 Å². The van der Waals surface area contributed by atoms with Gasteiger partial charge in [0.25, 0.3) is 0 Å². The summed E-state index contributed by atoms with van der Waals surface area (Å²) in [7, 11) is 0. The van der Waals surface area contributed by atoms with E-state index in [1.54, 1.807) is 0 Å². The third-order valence-electron chi connectivity index (χ3n) is 2.32. The number of tetrazole rings is 1. The zero-order valence-corrected chi connectivity index (χ0v) is 8.45. The molecule has 1 N–H and O–H groups in total. The number of nitrogens with one attached hydrogen (secondary N) is 1. The molecule has 0 bridgehead atoms. The molecule has 1 heterocycles. The van der Waals surface area contributed by atoms with E-state index in [9.17, 15) is 0 Å². The van der Waals surface area contributed by atoms with E-state index in [-0.39, 0.29) is 0 Å². The molecule has 0 saturated heterocycles. The first-order valence-corrected chi connectivity index (χ1v) is 5.08. The van der Waals surface area contributed by atoms with Crippen molar-refractivity contribution in [2.45, 2.75) is 51.9 Å². The number of hydrogen-bond donors (Lipinski definition) is 1. The third-order valence-corrected chi connectivity index (χ3v) is 2.32. The Balaban J connectivity index is 2.15. The molecule has 0 aliphatic rings. The fourth-order valence-electron chi connectivity index (χ4n) is 1.39. The maximum atomic E-state index is 3.90. The van der Waals surface area contributed by atoms with Crippen molar-refractivity contribution in [2.75, 3.05) is 0 Å². The molecule has 1 aromatic rings. The number of H-pyrrole nitrogens is 1. The number of nitrogens with zero attached hydrogens (tertiary/aromatic N) is 3. The van der Waals surface area contributed by atoms with Gasteiger partial charge in [-0.15, -0.1) is 5.10 Å². The van der Waals surface area contributed by atoms with Gasteiger partial charge in [0.05, 0.1) is 0 Å². The second kappa shape index (κ2) is 5.67. The van der Waals surface area contributed by atoms with Gasteiger partial charge in [-0.2, -0.15) is 0 Å². The molecule has 0 saturated carbocycles. The van der Waals surface area contributed by atoms with Crippen molar-refractivity contribution < 1.29 is 0 Å². The lowest BCUT2D eigenvalue weighted by Crippen LogP contribution is -1.96. The monoisotopic (exact) mass is 182 g/mol. The summed E-state index contributed by atoms with van der Waals surface area (Å²) in [6, 6.07) is 0. The van der Waals surface area contributed by atoms with Gasteiger partial charge in [-0.3, -0.25) is 0 Å². The number of aromatic nitrogens is 4. The Morgan fingerprint density at radius 1 is 1.31 bits per heavy atom. The molecule has 0 spiro atoms. The van der Waals surface area contributed by atoms with Crippen molar-refractivity contribution in [2.24, 2.45) is 0 Å². The number of unbranched alkanes of at least 4 members (excludes halogenated alkanes) is 3. The van der Waals surface area contributed by atoms with E-state index in [2.05, 4.69) is 34.5 Å². The zero-order valence-electron chi connectivity index (χ0n) is 8.45. The minimum Gasteiger partial charge on any atom is -0.243 e. The van der Waals surface area contributed by atoms with Gasteiger partial charge in [0.2, 0.25) is 0 Å². The van der Waals surface area contributed by atoms with Gasteiger partial charge in [0.1, 0.15) is 0 Å². The smallest absolute Gasteiger partial charge is 0.151 e. The fourth-order valence-corrected chi connectivity index (χ4v) is 1.39. The van der Waals surface area contributed by atoms with Crippen molar-refractivity contribution in [3.63, 3.8) is 0 Å². The second-order valence-corrected chi connectivity index (χ2v) is 3.54. The van der Waals surface area contributed by atoms with E-state index in [0.717, 1.165) is 5.82 Å². The van der Waals surface area contributed by atoms with E-state index >= 15 is 0 Å². The molecular weight excluding hydrogens is 164 g/mol. The van der Waals surface area contributed by atoms with Crippen LogP contribution in [0, 0.1) is 0 Å². The molecule has 1 aromatic heterocycles. The molecule has 74 valence electrons. The molecule has 1 atom stereocenters. The summed E-state index contributed by atoms with van der Waals surface area (Å²) < 4.78 is 0. The summed E-state index contributed by atoms with van der Waals surface area (Å²) in [5, 5.41) is 13.8. The van der Waals surface area contributed by atoms with Gasteiger partial charge in [0, 0.05) is 5.92 Å². The van der Waals surface area contributed by atoms with Crippen molar-refractivity contribution in [1.29, 1.82) is 0 Å². The Bertz CT molecular complexity index is 207. The molecule has 4 nitrogen and oxygen atoms in total. The van der Waals surface area contributed by atoms with Crippen LogP contribution in [0.1, 0.15) is 57.7 Å². The first-order chi connectivity index (χ1) is 6.34. The van der Waals surface area contributed by atoms with Crippen LogP contribution in [0.25, 0.3) is 0 Å². The van der Waals surface area contributed by atoms with Crippen LogP contribution in [0.3, 0.4) is 0 Å².